The van der Waals surface area contributed by atoms with Crippen LogP contribution in [0.4, 0.5) is 0 Å². The van der Waals surface area contributed by atoms with E-state index in [-0.39, 0.29) is 36.3 Å². The summed E-state index contributed by atoms with van der Waals surface area (Å²) >= 11 is 0. The molecule has 0 amide bonds. The number of hydrogen-bond donors (Lipinski definition) is 1. The summed E-state index contributed by atoms with van der Waals surface area (Å²) in [6, 6.07) is 0. The summed E-state index contributed by atoms with van der Waals surface area (Å²) in [5.74, 6) is 0.0613. The summed E-state index contributed by atoms with van der Waals surface area (Å²) in [6.45, 7) is 7.73. The average Bonchev–Trinajstić information content (AvgIpc) is 2.62. The molecule has 0 spiro atoms. The molecule has 0 bridgehead atoms. The highest BCUT2D eigenvalue weighted by Crippen LogP contribution is 2.30. The molecule has 1 fully saturated rings. The van der Waals surface area contributed by atoms with Crippen molar-refractivity contribution in [1.82, 2.24) is 4.31 Å². The normalized spacial score (nSPS) is 25.4. The van der Waals surface area contributed by atoms with Crippen LogP contribution in [0.15, 0.2) is 0 Å². The Morgan fingerprint density at radius 1 is 1.44 bits per heavy atom. The fourth-order valence-corrected chi connectivity index (χ4v) is 3.34. The SMILES string of the molecule is CC(C)OCCS(=O)(=O)N1CCC(C)(CN)C1.Cl. The quantitative estimate of drug-likeness (QED) is 0.789. The molecule has 1 saturated heterocycles. The Kier molecular flexibility index (Phi) is 7.10. The monoisotopic (exact) mass is 300 g/mol. The van der Waals surface area contributed by atoms with Gasteiger partial charge in [-0.25, -0.2) is 12.7 Å². The minimum Gasteiger partial charge on any atom is -0.378 e. The fraction of sp³-hybridized carbons (Fsp3) is 1.00. The number of halogens is 1. The van der Waals surface area contributed by atoms with Crippen LogP contribution < -0.4 is 5.73 Å². The zero-order chi connectivity index (χ0) is 13.1. The maximum Gasteiger partial charge on any atom is 0.216 e. The molecule has 1 aliphatic rings. The zero-order valence-electron chi connectivity index (χ0n) is 11.4. The molecular weight excluding hydrogens is 276 g/mol. The van der Waals surface area contributed by atoms with Crippen LogP contribution in [0.5, 0.6) is 0 Å². The predicted molar refractivity (Wildman–Crippen MR) is 75.5 cm³/mol. The Hall–Kier alpha value is 0.120. The molecule has 7 heteroatoms. The van der Waals surface area contributed by atoms with E-state index in [1.807, 2.05) is 20.8 Å². The molecule has 1 rings (SSSR count). The van der Waals surface area contributed by atoms with Gasteiger partial charge in [-0.3, -0.25) is 0 Å². The topological polar surface area (TPSA) is 72.6 Å². The Labute approximate surface area is 117 Å². The number of nitrogens with two attached hydrogens (primary N) is 1. The van der Waals surface area contributed by atoms with Gasteiger partial charge in [-0.15, -0.1) is 12.4 Å². The van der Waals surface area contributed by atoms with Gasteiger partial charge < -0.3 is 10.5 Å². The molecule has 2 N–H and O–H groups in total. The second-order valence-corrected chi connectivity index (χ2v) is 7.42. The lowest BCUT2D eigenvalue weighted by Crippen LogP contribution is -2.36. The smallest absolute Gasteiger partial charge is 0.216 e. The van der Waals surface area contributed by atoms with Crippen LogP contribution in [0.2, 0.25) is 0 Å². The summed E-state index contributed by atoms with van der Waals surface area (Å²) in [7, 11) is -3.18. The predicted octanol–water partition coefficient (Wildman–Crippen LogP) is 0.834. The maximum atomic E-state index is 12.0. The van der Waals surface area contributed by atoms with Gasteiger partial charge in [-0.05, 0) is 32.2 Å². The molecule has 0 saturated carbocycles. The van der Waals surface area contributed by atoms with Crippen LogP contribution in [0.3, 0.4) is 0 Å². The molecule has 110 valence electrons. The molecule has 5 nitrogen and oxygen atoms in total. The van der Waals surface area contributed by atoms with Crippen molar-refractivity contribution < 1.29 is 13.2 Å². The minimum absolute atomic E-state index is 0. The standard InChI is InChI=1S/C11H24N2O3S.ClH/c1-10(2)16-6-7-17(14,15)13-5-4-11(3,8-12)9-13;/h10H,4-9,12H2,1-3H3;1H. The van der Waals surface area contributed by atoms with Gasteiger partial charge in [0.25, 0.3) is 0 Å². The lowest BCUT2D eigenvalue weighted by atomic mass is 9.90. The fourth-order valence-electron chi connectivity index (χ4n) is 1.90. The van der Waals surface area contributed by atoms with Crippen LogP contribution in [0.25, 0.3) is 0 Å². The van der Waals surface area contributed by atoms with Crippen molar-refractivity contribution in [3.63, 3.8) is 0 Å². The molecule has 1 atom stereocenters. The van der Waals surface area contributed by atoms with E-state index < -0.39 is 10.0 Å². The van der Waals surface area contributed by atoms with Crippen LogP contribution >= 0.6 is 12.4 Å². The molecule has 0 aromatic heterocycles. The average molecular weight is 301 g/mol. The van der Waals surface area contributed by atoms with Crippen LogP contribution in [0.1, 0.15) is 27.2 Å². The van der Waals surface area contributed by atoms with E-state index in [1.165, 1.54) is 0 Å². The Balaban J connectivity index is 0.00000289. The van der Waals surface area contributed by atoms with E-state index in [0.29, 0.717) is 19.6 Å². The van der Waals surface area contributed by atoms with E-state index in [1.54, 1.807) is 4.31 Å². The van der Waals surface area contributed by atoms with Gasteiger partial charge in [0.2, 0.25) is 10.0 Å². The highest BCUT2D eigenvalue weighted by molar-refractivity contribution is 7.89. The third kappa shape index (κ3) is 5.01. The largest absolute Gasteiger partial charge is 0.378 e. The van der Waals surface area contributed by atoms with E-state index in [9.17, 15) is 8.42 Å². The van der Waals surface area contributed by atoms with Gasteiger partial charge in [0.1, 0.15) is 0 Å². The van der Waals surface area contributed by atoms with Crippen molar-refractivity contribution in [1.29, 1.82) is 0 Å². The molecule has 1 unspecified atom stereocenters. The number of ether oxygens (including phenoxy) is 1. The molecular formula is C11H25ClN2O3S. The third-order valence-corrected chi connectivity index (χ3v) is 4.98. The lowest BCUT2D eigenvalue weighted by Gasteiger charge is -2.22. The van der Waals surface area contributed by atoms with E-state index in [0.717, 1.165) is 6.42 Å². The van der Waals surface area contributed by atoms with Crippen molar-refractivity contribution in [3.8, 4) is 0 Å². The molecule has 1 heterocycles. The van der Waals surface area contributed by atoms with Gasteiger partial charge in [0.05, 0.1) is 18.5 Å². The van der Waals surface area contributed by atoms with Crippen molar-refractivity contribution in [2.75, 3.05) is 32.0 Å². The molecule has 0 aromatic carbocycles. The van der Waals surface area contributed by atoms with Crippen LogP contribution in [0, 0.1) is 5.41 Å². The summed E-state index contributed by atoms with van der Waals surface area (Å²) in [6.07, 6.45) is 0.909. The molecule has 0 aromatic rings. The third-order valence-electron chi connectivity index (χ3n) is 3.20. The highest BCUT2D eigenvalue weighted by atomic mass is 35.5. The van der Waals surface area contributed by atoms with Gasteiger partial charge in [0.15, 0.2) is 0 Å². The lowest BCUT2D eigenvalue weighted by molar-refractivity contribution is 0.0907. The van der Waals surface area contributed by atoms with Gasteiger partial charge in [-0.2, -0.15) is 0 Å². The molecule has 18 heavy (non-hydrogen) atoms. The first-order valence-electron chi connectivity index (χ1n) is 6.09. The molecule has 0 radical (unpaired) electrons. The highest BCUT2D eigenvalue weighted by Gasteiger charge is 2.37. The molecule has 1 aliphatic heterocycles. The van der Waals surface area contributed by atoms with Crippen molar-refractivity contribution in [2.45, 2.75) is 33.3 Å². The summed E-state index contributed by atoms with van der Waals surface area (Å²) < 4.78 is 30.9. The second kappa shape index (κ2) is 7.05. The maximum absolute atomic E-state index is 12.0. The Morgan fingerprint density at radius 2 is 2.06 bits per heavy atom. The van der Waals surface area contributed by atoms with Crippen LogP contribution in [-0.2, 0) is 14.8 Å². The van der Waals surface area contributed by atoms with Gasteiger partial charge >= 0.3 is 0 Å². The van der Waals surface area contributed by atoms with Crippen molar-refractivity contribution >= 4 is 22.4 Å². The first kappa shape index (κ1) is 18.1. The Morgan fingerprint density at radius 3 is 2.50 bits per heavy atom. The van der Waals surface area contributed by atoms with Crippen LogP contribution in [-0.4, -0.2) is 50.8 Å². The van der Waals surface area contributed by atoms with E-state index in [2.05, 4.69) is 0 Å². The molecule has 0 aliphatic carbocycles. The Bertz CT molecular complexity index is 348. The van der Waals surface area contributed by atoms with Crippen molar-refractivity contribution in [2.24, 2.45) is 11.1 Å². The minimum atomic E-state index is -3.18. The first-order chi connectivity index (χ1) is 7.79. The zero-order valence-corrected chi connectivity index (χ0v) is 13.0. The van der Waals surface area contributed by atoms with Crippen molar-refractivity contribution in [3.05, 3.63) is 0 Å². The number of rotatable bonds is 6. The number of sulfonamides is 1. The number of hydrogen-bond acceptors (Lipinski definition) is 4. The van der Waals surface area contributed by atoms with Gasteiger partial charge in [-0.1, -0.05) is 6.92 Å². The van der Waals surface area contributed by atoms with E-state index >= 15 is 0 Å². The first-order valence-corrected chi connectivity index (χ1v) is 7.69. The summed E-state index contributed by atoms with van der Waals surface area (Å²) in [4.78, 5) is 0. The van der Waals surface area contributed by atoms with Gasteiger partial charge in [0, 0.05) is 13.1 Å². The number of nitrogens with zero attached hydrogens (tertiary/aromatic N) is 1. The van der Waals surface area contributed by atoms with E-state index in [4.69, 9.17) is 10.5 Å². The summed E-state index contributed by atoms with van der Waals surface area (Å²) in [5, 5.41) is 0. The summed E-state index contributed by atoms with van der Waals surface area (Å²) in [5.41, 5.74) is 5.60. The second-order valence-electron chi connectivity index (χ2n) is 5.33.